The molecule has 0 aliphatic rings. The third-order valence-corrected chi connectivity index (χ3v) is 2.60. The maximum atomic E-state index is 11.7. The molecule has 0 aromatic heterocycles. The van der Waals surface area contributed by atoms with E-state index in [-0.39, 0.29) is 37.6 Å². The summed E-state index contributed by atoms with van der Waals surface area (Å²) in [5, 5.41) is 0. The second kappa shape index (κ2) is 9.98. The molecule has 0 aliphatic heterocycles. The summed E-state index contributed by atoms with van der Waals surface area (Å²) in [4.78, 5) is 44.5. The van der Waals surface area contributed by atoms with Crippen molar-refractivity contribution in [2.24, 2.45) is 0 Å². The molecule has 0 aliphatic carbocycles. The Balaban J connectivity index is 2.41. The van der Waals surface area contributed by atoms with Crippen LogP contribution >= 0.6 is 0 Å². The molecule has 0 saturated carbocycles. The maximum absolute atomic E-state index is 11.7. The molecule has 0 bridgehead atoms. The molecule has 1 aromatic carbocycles. The molecular formula is C16H18O8. The third-order valence-electron chi connectivity index (χ3n) is 2.60. The van der Waals surface area contributed by atoms with Gasteiger partial charge in [0.05, 0.1) is 11.1 Å². The number of benzene rings is 1. The van der Waals surface area contributed by atoms with E-state index in [9.17, 15) is 19.2 Å². The molecule has 1 rings (SSSR count). The molecule has 0 atom stereocenters. The van der Waals surface area contributed by atoms with E-state index in [1.165, 1.54) is 38.1 Å². The lowest BCUT2D eigenvalue weighted by atomic mass is 10.1. The molecular weight excluding hydrogens is 320 g/mol. The van der Waals surface area contributed by atoms with Crippen LogP contribution in [-0.4, -0.2) is 50.3 Å². The van der Waals surface area contributed by atoms with Crippen LogP contribution in [0.3, 0.4) is 0 Å². The zero-order valence-corrected chi connectivity index (χ0v) is 13.4. The zero-order valence-electron chi connectivity index (χ0n) is 13.4. The van der Waals surface area contributed by atoms with Crippen molar-refractivity contribution in [2.75, 3.05) is 26.4 Å². The standard InChI is InChI=1S/C16H18O8/c1-11(17)21-7-9-23-15(19)13-3-5-14(6-4-13)16(20)24-10-8-22-12(2)18/h3-6H,7-10H2,1-2H3. The molecule has 0 fully saturated rings. The molecule has 0 unspecified atom stereocenters. The van der Waals surface area contributed by atoms with Crippen molar-refractivity contribution in [2.45, 2.75) is 13.8 Å². The Bertz CT molecular complexity index is 538. The quantitative estimate of drug-likeness (QED) is 0.394. The summed E-state index contributed by atoms with van der Waals surface area (Å²) in [5.74, 6) is -2.11. The number of hydrogen-bond acceptors (Lipinski definition) is 8. The predicted octanol–water partition coefficient (Wildman–Crippen LogP) is 1.13. The van der Waals surface area contributed by atoms with E-state index in [4.69, 9.17) is 9.47 Å². The molecule has 130 valence electrons. The number of rotatable bonds is 8. The van der Waals surface area contributed by atoms with Gasteiger partial charge in [-0.15, -0.1) is 0 Å². The lowest BCUT2D eigenvalue weighted by Gasteiger charge is -2.07. The van der Waals surface area contributed by atoms with Crippen molar-refractivity contribution in [3.05, 3.63) is 35.4 Å². The Morgan fingerprint density at radius 1 is 0.625 bits per heavy atom. The van der Waals surface area contributed by atoms with Crippen LogP contribution in [0.4, 0.5) is 0 Å². The van der Waals surface area contributed by atoms with Gasteiger partial charge in [-0.3, -0.25) is 9.59 Å². The van der Waals surface area contributed by atoms with Crippen LogP contribution in [0.25, 0.3) is 0 Å². The van der Waals surface area contributed by atoms with Crippen molar-refractivity contribution in [1.29, 1.82) is 0 Å². The average Bonchev–Trinajstić information content (AvgIpc) is 2.55. The number of carbonyl (C=O) groups excluding carboxylic acids is 4. The summed E-state index contributed by atoms with van der Waals surface area (Å²) in [6, 6.07) is 5.65. The molecule has 8 nitrogen and oxygen atoms in total. The van der Waals surface area contributed by atoms with Gasteiger partial charge in [-0.2, -0.15) is 0 Å². The monoisotopic (exact) mass is 338 g/mol. The van der Waals surface area contributed by atoms with Gasteiger partial charge in [-0.25, -0.2) is 9.59 Å². The fourth-order valence-corrected chi connectivity index (χ4v) is 1.55. The van der Waals surface area contributed by atoms with E-state index in [1.807, 2.05) is 0 Å². The van der Waals surface area contributed by atoms with Crippen LogP contribution in [0, 0.1) is 0 Å². The molecule has 24 heavy (non-hydrogen) atoms. The second-order valence-electron chi connectivity index (χ2n) is 4.53. The Kier molecular flexibility index (Phi) is 7.97. The molecule has 0 heterocycles. The summed E-state index contributed by atoms with van der Waals surface area (Å²) >= 11 is 0. The minimum absolute atomic E-state index is 0.0200. The minimum atomic E-state index is -0.600. The molecule has 8 heteroatoms. The van der Waals surface area contributed by atoms with E-state index < -0.39 is 23.9 Å². The number of ether oxygens (including phenoxy) is 4. The minimum Gasteiger partial charge on any atom is -0.462 e. The molecule has 0 saturated heterocycles. The smallest absolute Gasteiger partial charge is 0.338 e. The first-order valence-electron chi connectivity index (χ1n) is 7.11. The summed E-state index contributed by atoms with van der Waals surface area (Å²) in [5.41, 5.74) is 0.489. The van der Waals surface area contributed by atoms with Gasteiger partial charge in [0, 0.05) is 13.8 Å². The van der Waals surface area contributed by atoms with Crippen molar-refractivity contribution >= 4 is 23.9 Å². The number of carbonyl (C=O) groups is 4. The molecule has 0 amide bonds. The highest BCUT2D eigenvalue weighted by Gasteiger charge is 2.11. The first-order valence-corrected chi connectivity index (χ1v) is 7.11. The lowest BCUT2D eigenvalue weighted by molar-refractivity contribution is -0.142. The summed E-state index contributed by atoms with van der Waals surface area (Å²) in [6.07, 6.45) is 0. The predicted molar refractivity (Wildman–Crippen MR) is 80.3 cm³/mol. The van der Waals surface area contributed by atoms with E-state index >= 15 is 0 Å². The fourth-order valence-electron chi connectivity index (χ4n) is 1.55. The van der Waals surface area contributed by atoms with Crippen LogP contribution < -0.4 is 0 Å². The van der Waals surface area contributed by atoms with Gasteiger partial charge in [0.25, 0.3) is 0 Å². The van der Waals surface area contributed by atoms with Crippen molar-refractivity contribution < 1.29 is 38.1 Å². The summed E-state index contributed by atoms with van der Waals surface area (Å²) in [6.45, 7) is 2.36. The van der Waals surface area contributed by atoms with Crippen molar-refractivity contribution in [3.63, 3.8) is 0 Å². The molecule has 0 spiro atoms. The Morgan fingerprint density at radius 2 is 0.917 bits per heavy atom. The van der Waals surface area contributed by atoms with Gasteiger partial charge in [-0.05, 0) is 24.3 Å². The van der Waals surface area contributed by atoms with Crippen LogP contribution in [0.15, 0.2) is 24.3 Å². The van der Waals surface area contributed by atoms with Gasteiger partial charge in [0.15, 0.2) is 0 Å². The van der Waals surface area contributed by atoms with E-state index in [0.717, 1.165) is 0 Å². The van der Waals surface area contributed by atoms with E-state index in [0.29, 0.717) is 0 Å². The Morgan fingerprint density at radius 3 is 1.21 bits per heavy atom. The molecule has 0 N–H and O–H groups in total. The van der Waals surface area contributed by atoms with Crippen molar-refractivity contribution in [3.8, 4) is 0 Å². The summed E-state index contributed by atoms with van der Waals surface area (Å²) in [7, 11) is 0. The normalized spacial score (nSPS) is 9.75. The highest BCUT2D eigenvalue weighted by molar-refractivity contribution is 5.93. The van der Waals surface area contributed by atoms with Gasteiger partial charge >= 0.3 is 23.9 Å². The Labute approximate surface area is 138 Å². The maximum Gasteiger partial charge on any atom is 0.338 e. The fraction of sp³-hybridized carbons (Fsp3) is 0.375. The SMILES string of the molecule is CC(=O)OCCOC(=O)c1ccc(C(=O)OCCOC(C)=O)cc1. The van der Waals surface area contributed by atoms with Crippen LogP contribution in [0.5, 0.6) is 0 Å². The highest BCUT2D eigenvalue weighted by Crippen LogP contribution is 2.07. The van der Waals surface area contributed by atoms with E-state index in [2.05, 4.69) is 9.47 Å². The van der Waals surface area contributed by atoms with Gasteiger partial charge in [0.1, 0.15) is 26.4 Å². The van der Waals surface area contributed by atoms with Gasteiger partial charge < -0.3 is 18.9 Å². The van der Waals surface area contributed by atoms with E-state index in [1.54, 1.807) is 0 Å². The number of esters is 4. The number of hydrogen-bond donors (Lipinski definition) is 0. The van der Waals surface area contributed by atoms with Crippen LogP contribution in [-0.2, 0) is 28.5 Å². The lowest BCUT2D eigenvalue weighted by Crippen LogP contribution is -2.14. The van der Waals surface area contributed by atoms with Gasteiger partial charge in [-0.1, -0.05) is 0 Å². The largest absolute Gasteiger partial charge is 0.462 e. The zero-order chi connectivity index (χ0) is 17.9. The van der Waals surface area contributed by atoms with Crippen molar-refractivity contribution in [1.82, 2.24) is 0 Å². The first-order chi connectivity index (χ1) is 11.4. The average molecular weight is 338 g/mol. The third kappa shape index (κ3) is 7.39. The second-order valence-corrected chi connectivity index (χ2v) is 4.53. The molecule has 1 aromatic rings. The topological polar surface area (TPSA) is 105 Å². The van der Waals surface area contributed by atoms with Gasteiger partial charge in [0.2, 0.25) is 0 Å². The van der Waals surface area contributed by atoms with Crippen LogP contribution in [0.1, 0.15) is 34.6 Å². The molecule has 0 radical (unpaired) electrons. The Hall–Kier alpha value is -2.90. The summed E-state index contributed by atoms with van der Waals surface area (Å²) < 4.78 is 19.1. The van der Waals surface area contributed by atoms with Crippen LogP contribution in [0.2, 0.25) is 0 Å². The first kappa shape index (κ1) is 19.1. The highest BCUT2D eigenvalue weighted by atomic mass is 16.6.